The van der Waals surface area contributed by atoms with E-state index >= 15 is 0 Å². The van der Waals surface area contributed by atoms with E-state index in [0.29, 0.717) is 9.92 Å². The van der Waals surface area contributed by atoms with Crippen molar-refractivity contribution in [3.63, 3.8) is 0 Å². The second kappa shape index (κ2) is 7.54. The minimum Gasteiger partial charge on any atom is -0.231 e. The Kier molecular flexibility index (Phi) is 5.10. The molecule has 0 atom stereocenters. The highest BCUT2D eigenvalue weighted by molar-refractivity contribution is 7.91. The molecular formula is C21H17ClN2O2S2. The molecule has 0 radical (unpaired) electrons. The van der Waals surface area contributed by atoms with E-state index in [9.17, 15) is 8.42 Å². The van der Waals surface area contributed by atoms with Gasteiger partial charge in [0.15, 0.2) is 9.84 Å². The summed E-state index contributed by atoms with van der Waals surface area (Å²) in [5.74, 6) is 0.0865. The van der Waals surface area contributed by atoms with Gasteiger partial charge in [0, 0.05) is 4.88 Å². The van der Waals surface area contributed by atoms with E-state index in [0.717, 1.165) is 26.7 Å². The van der Waals surface area contributed by atoms with Crippen molar-refractivity contribution < 1.29 is 8.42 Å². The van der Waals surface area contributed by atoms with E-state index in [1.807, 2.05) is 53.2 Å². The molecule has 0 aliphatic heterocycles. The van der Waals surface area contributed by atoms with Crippen LogP contribution in [0.25, 0.3) is 26.7 Å². The molecule has 0 fully saturated rings. The Morgan fingerprint density at radius 3 is 2.57 bits per heavy atom. The van der Waals surface area contributed by atoms with Crippen molar-refractivity contribution in [2.75, 3.05) is 5.75 Å². The molecule has 28 heavy (non-hydrogen) atoms. The molecule has 0 amide bonds. The number of nitrogens with zero attached hydrogens (tertiary/aromatic N) is 2. The van der Waals surface area contributed by atoms with E-state index in [-0.39, 0.29) is 5.75 Å². The van der Waals surface area contributed by atoms with Gasteiger partial charge in [0.05, 0.1) is 38.1 Å². The van der Waals surface area contributed by atoms with Gasteiger partial charge in [0.25, 0.3) is 0 Å². The first-order chi connectivity index (χ1) is 13.5. The first kappa shape index (κ1) is 18.9. The van der Waals surface area contributed by atoms with Crippen molar-refractivity contribution in [1.82, 2.24) is 9.78 Å². The van der Waals surface area contributed by atoms with Gasteiger partial charge in [-0.2, -0.15) is 5.10 Å². The number of para-hydroxylation sites is 1. The summed E-state index contributed by atoms with van der Waals surface area (Å²) in [6.45, 7) is 1.65. The lowest BCUT2D eigenvalue weighted by Crippen LogP contribution is -2.03. The Labute approximate surface area is 173 Å². The van der Waals surface area contributed by atoms with Gasteiger partial charge in [-0.3, -0.25) is 0 Å². The Morgan fingerprint density at radius 2 is 1.79 bits per heavy atom. The first-order valence-corrected chi connectivity index (χ1v) is 11.6. The Bertz CT molecular complexity index is 1240. The van der Waals surface area contributed by atoms with Gasteiger partial charge < -0.3 is 0 Å². The van der Waals surface area contributed by atoms with Crippen molar-refractivity contribution in [3.05, 3.63) is 77.9 Å². The van der Waals surface area contributed by atoms with Crippen LogP contribution in [-0.2, 0) is 9.84 Å². The topological polar surface area (TPSA) is 52.0 Å². The number of halogens is 1. The molecule has 0 saturated heterocycles. The minimum atomic E-state index is -3.24. The summed E-state index contributed by atoms with van der Waals surface area (Å²) >= 11 is 7.92. The Hall–Kier alpha value is -2.41. The Balaban J connectivity index is 1.74. The van der Waals surface area contributed by atoms with Crippen LogP contribution in [0.3, 0.4) is 0 Å². The molecule has 0 unspecified atom stereocenters. The largest absolute Gasteiger partial charge is 0.231 e. The van der Waals surface area contributed by atoms with Crippen LogP contribution in [0.5, 0.6) is 0 Å². The maximum absolute atomic E-state index is 12.2. The minimum absolute atomic E-state index is 0.0865. The molecule has 4 rings (SSSR count). The molecule has 4 nitrogen and oxygen atoms in total. The second-order valence-corrected chi connectivity index (χ2v) is 9.94. The normalized spacial score (nSPS) is 11.6. The highest BCUT2D eigenvalue weighted by Crippen LogP contribution is 2.36. The van der Waals surface area contributed by atoms with E-state index in [4.69, 9.17) is 11.6 Å². The highest BCUT2D eigenvalue weighted by atomic mass is 35.5. The molecule has 0 aliphatic carbocycles. The molecule has 142 valence electrons. The van der Waals surface area contributed by atoms with Crippen molar-refractivity contribution in [3.8, 4) is 26.7 Å². The van der Waals surface area contributed by atoms with Gasteiger partial charge >= 0.3 is 0 Å². The number of sulfone groups is 1. The molecule has 0 bridgehead atoms. The zero-order chi connectivity index (χ0) is 19.7. The fraction of sp³-hybridized carbons (Fsp3) is 0.0952. The smallest absolute Gasteiger partial charge is 0.178 e. The molecule has 0 N–H and O–H groups in total. The molecular weight excluding hydrogens is 412 g/mol. The summed E-state index contributed by atoms with van der Waals surface area (Å²) in [6.07, 6.45) is 1.74. The molecule has 0 spiro atoms. The highest BCUT2D eigenvalue weighted by Gasteiger charge is 2.15. The van der Waals surface area contributed by atoms with Gasteiger partial charge in [0.2, 0.25) is 0 Å². The van der Waals surface area contributed by atoms with E-state index in [1.54, 1.807) is 42.7 Å². The fourth-order valence-electron chi connectivity index (χ4n) is 2.95. The number of benzene rings is 2. The van der Waals surface area contributed by atoms with Gasteiger partial charge in [-0.1, -0.05) is 42.8 Å². The lowest BCUT2D eigenvalue weighted by atomic mass is 10.2. The van der Waals surface area contributed by atoms with E-state index in [1.165, 1.54) is 0 Å². The van der Waals surface area contributed by atoms with Crippen LogP contribution < -0.4 is 0 Å². The molecule has 2 aromatic heterocycles. The van der Waals surface area contributed by atoms with Gasteiger partial charge in [-0.15, -0.1) is 11.3 Å². The summed E-state index contributed by atoms with van der Waals surface area (Å²) in [7, 11) is -3.24. The maximum Gasteiger partial charge on any atom is 0.178 e. The molecule has 4 aromatic rings. The number of aromatic nitrogens is 2. The molecule has 0 aliphatic rings. The van der Waals surface area contributed by atoms with Gasteiger partial charge in [-0.05, 0) is 48.0 Å². The summed E-state index contributed by atoms with van der Waals surface area (Å²) in [5, 5.41) is 5.05. The van der Waals surface area contributed by atoms with Gasteiger partial charge in [0.1, 0.15) is 0 Å². The quantitative estimate of drug-likeness (QED) is 0.408. The predicted octanol–water partition coefficient (Wildman–Crippen LogP) is 5.71. The fourth-order valence-corrected chi connectivity index (χ4v) is 5.10. The van der Waals surface area contributed by atoms with Crippen LogP contribution in [0.1, 0.15) is 6.92 Å². The lowest BCUT2D eigenvalue weighted by Gasteiger charge is -2.08. The van der Waals surface area contributed by atoms with Crippen molar-refractivity contribution >= 4 is 32.8 Å². The van der Waals surface area contributed by atoms with Crippen LogP contribution in [0.2, 0.25) is 5.02 Å². The third kappa shape index (κ3) is 3.51. The van der Waals surface area contributed by atoms with Crippen LogP contribution in [0.15, 0.2) is 77.8 Å². The third-order valence-corrected chi connectivity index (χ3v) is 7.65. The van der Waals surface area contributed by atoms with Crippen LogP contribution in [0.4, 0.5) is 0 Å². The summed E-state index contributed by atoms with van der Waals surface area (Å²) in [6, 6.07) is 20.6. The SMILES string of the molecule is CCS(=O)(=O)c1cccc(-c2ccc(-c3ccnn3-c3ccccc3Cl)s2)c1. The monoisotopic (exact) mass is 428 g/mol. The number of thiophene rings is 1. The average Bonchev–Trinajstić information content (AvgIpc) is 3.38. The first-order valence-electron chi connectivity index (χ1n) is 8.72. The van der Waals surface area contributed by atoms with Crippen molar-refractivity contribution in [2.45, 2.75) is 11.8 Å². The van der Waals surface area contributed by atoms with Crippen molar-refractivity contribution in [1.29, 1.82) is 0 Å². The third-order valence-electron chi connectivity index (χ3n) is 4.44. The standard InChI is InChI=1S/C21H17ClN2O2S2/c1-2-28(25,26)16-7-5-6-15(14-16)20-10-11-21(27-20)19-12-13-23-24(19)18-9-4-3-8-17(18)22/h3-14H,2H2,1H3. The van der Waals surface area contributed by atoms with Crippen LogP contribution >= 0.6 is 22.9 Å². The zero-order valence-electron chi connectivity index (χ0n) is 15.0. The van der Waals surface area contributed by atoms with E-state index in [2.05, 4.69) is 5.10 Å². The van der Waals surface area contributed by atoms with E-state index < -0.39 is 9.84 Å². The number of hydrogen-bond donors (Lipinski definition) is 0. The maximum atomic E-state index is 12.2. The summed E-state index contributed by atoms with van der Waals surface area (Å²) < 4.78 is 26.2. The molecule has 7 heteroatoms. The summed E-state index contributed by atoms with van der Waals surface area (Å²) in [4.78, 5) is 2.37. The second-order valence-electron chi connectivity index (χ2n) is 6.17. The average molecular weight is 429 g/mol. The summed E-state index contributed by atoms with van der Waals surface area (Å²) in [5.41, 5.74) is 2.63. The van der Waals surface area contributed by atoms with Crippen LogP contribution in [-0.4, -0.2) is 24.0 Å². The zero-order valence-corrected chi connectivity index (χ0v) is 17.4. The number of rotatable bonds is 5. The Morgan fingerprint density at radius 1 is 1.00 bits per heavy atom. The lowest BCUT2D eigenvalue weighted by molar-refractivity contribution is 0.597. The van der Waals surface area contributed by atoms with Gasteiger partial charge in [-0.25, -0.2) is 13.1 Å². The number of hydrogen-bond acceptors (Lipinski definition) is 4. The predicted molar refractivity (Wildman–Crippen MR) is 115 cm³/mol. The molecule has 2 aromatic carbocycles. The molecule has 0 saturated carbocycles. The van der Waals surface area contributed by atoms with Crippen molar-refractivity contribution in [2.24, 2.45) is 0 Å². The molecule has 2 heterocycles. The van der Waals surface area contributed by atoms with Crippen LogP contribution in [0, 0.1) is 0 Å².